The van der Waals surface area contributed by atoms with Gasteiger partial charge in [-0.15, -0.1) is 0 Å². The predicted molar refractivity (Wildman–Crippen MR) is 68.1 cm³/mol. The molecule has 1 aliphatic heterocycles. The standard InChI is InChI=1S/C14H19NO3/c1-11-3-4-12(14(9-11)17-2)13(10-16)15-5-7-18-8-6-15/h3-4,9,13H,1,5-8,10H2,2H3. The Kier molecular flexibility index (Phi) is 4.58. The summed E-state index contributed by atoms with van der Waals surface area (Å²) in [5.41, 5.74) is 1.84. The molecule has 1 aromatic carbocycles. The second kappa shape index (κ2) is 6.18. The van der Waals surface area contributed by atoms with Crippen molar-refractivity contribution in [3.05, 3.63) is 36.2 Å². The molecule has 1 unspecified atom stereocenters. The summed E-state index contributed by atoms with van der Waals surface area (Å²) in [5, 5.41) is 11.5. The lowest BCUT2D eigenvalue weighted by Crippen LogP contribution is -2.40. The van der Waals surface area contributed by atoms with E-state index >= 15 is 0 Å². The minimum Gasteiger partial charge on any atom is -0.496 e. The minimum atomic E-state index is -0.174. The van der Waals surface area contributed by atoms with E-state index in [1.807, 2.05) is 18.2 Å². The van der Waals surface area contributed by atoms with Gasteiger partial charge in [0, 0.05) is 18.7 Å². The highest BCUT2D eigenvalue weighted by atomic mass is 16.5. The maximum Gasteiger partial charge on any atom is 0.124 e. The lowest BCUT2D eigenvalue weighted by Gasteiger charge is -2.33. The molecular weight excluding hydrogens is 230 g/mol. The Morgan fingerprint density at radius 1 is 1.44 bits per heavy atom. The molecule has 0 amide bonds. The van der Waals surface area contributed by atoms with Crippen LogP contribution in [-0.4, -0.2) is 44.9 Å². The van der Waals surface area contributed by atoms with E-state index in [1.54, 1.807) is 7.11 Å². The van der Waals surface area contributed by atoms with Gasteiger partial charge in [0.1, 0.15) is 12.4 Å². The van der Waals surface area contributed by atoms with Crippen molar-refractivity contribution in [2.24, 2.45) is 0 Å². The van der Waals surface area contributed by atoms with Crippen molar-refractivity contribution >= 4 is 0 Å². The van der Waals surface area contributed by atoms with Crippen LogP contribution in [0.25, 0.3) is 0 Å². The number of methoxy groups -OCH3 is 1. The largest absolute Gasteiger partial charge is 0.496 e. The number of morpholine rings is 1. The fraction of sp³-hybridized carbons (Fsp3) is 0.500. The Morgan fingerprint density at radius 3 is 2.78 bits per heavy atom. The molecule has 0 saturated carbocycles. The zero-order valence-electron chi connectivity index (χ0n) is 10.7. The van der Waals surface area contributed by atoms with Crippen molar-refractivity contribution in [3.63, 3.8) is 0 Å². The highest BCUT2D eigenvalue weighted by molar-refractivity contribution is 5.40. The first-order valence-electron chi connectivity index (χ1n) is 6.16. The van der Waals surface area contributed by atoms with E-state index in [9.17, 15) is 5.11 Å². The summed E-state index contributed by atoms with van der Waals surface area (Å²) in [4.78, 5) is 2.16. The van der Waals surface area contributed by atoms with Gasteiger partial charge in [0.25, 0.3) is 0 Å². The quantitative estimate of drug-likeness (QED) is 0.815. The molecule has 1 fully saturated rings. The Bertz CT molecular complexity index is 389. The normalized spacial score (nSPS) is 18.6. The van der Waals surface area contributed by atoms with Crippen LogP contribution < -0.4 is 4.74 Å². The zero-order chi connectivity index (χ0) is 13.0. The lowest BCUT2D eigenvalue weighted by molar-refractivity contribution is -0.00769. The molecule has 98 valence electrons. The topological polar surface area (TPSA) is 41.6 Å². The zero-order valence-corrected chi connectivity index (χ0v) is 10.7. The van der Waals surface area contributed by atoms with Crippen molar-refractivity contribution in [2.45, 2.75) is 6.04 Å². The highest BCUT2D eigenvalue weighted by Gasteiger charge is 2.24. The molecule has 1 aromatic rings. The third kappa shape index (κ3) is 2.83. The maximum absolute atomic E-state index is 11.5. The van der Waals surface area contributed by atoms with E-state index < -0.39 is 0 Å². The number of hydrogen-bond donors (Lipinski definition) is 0. The first-order chi connectivity index (χ1) is 8.76. The average molecular weight is 249 g/mol. The molecule has 1 heterocycles. The molecular formula is C14H19NO3. The van der Waals surface area contributed by atoms with Crippen LogP contribution in [0.15, 0.2) is 18.2 Å². The fourth-order valence-corrected chi connectivity index (χ4v) is 2.31. The first kappa shape index (κ1) is 13.3. The highest BCUT2D eigenvalue weighted by Crippen LogP contribution is 2.30. The van der Waals surface area contributed by atoms with Crippen molar-refractivity contribution in [3.8, 4) is 5.75 Å². The van der Waals surface area contributed by atoms with Crippen LogP contribution in [0.2, 0.25) is 0 Å². The van der Waals surface area contributed by atoms with Crippen LogP contribution in [-0.2, 0) is 9.84 Å². The van der Waals surface area contributed by atoms with Crippen molar-refractivity contribution < 1.29 is 14.6 Å². The molecule has 1 saturated heterocycles. The van der Waals surface area contributed by atoms with Gasteiger partial charge in [-0.3, -0.25) is 4.90 Å². The monoisotopic (exact) mass is 249 g/mol. The van der Waals surface area contributed by atoms with E-state index in [0.29, 0.717) is 13.2 Å². The smallest absolute Gasteiger partial charge is 0.124 e. The van der Waals surface area contributed by atoms with Gasteiger partial charge in [-0.2, -0.15) is 0 Å². The Labute approximate surface area is 108 Å². The molecule has 18 heavy (non-hydrogen) atoms. The van der Waals surface area contributed by atoms with Gasteiger partial charge in [-0.25, -0.2) is 5.11 Å². The molecule has 0 aliphatic carbocycles. The third-order valence-electron chi connectivity index (χ3n) is 3.30. The van der Waals surface area contributed by atoms with E-state index in [2.05, 4.69) is 11.8 Å². The number of benzene rings is 1. The Hall–Kier alpha value is -1.10. The fourth-order valence-electron chi connectivity index (χ4n) is 2.31. The molecule has 4 heteroatoms. The molecule has 0 aromatic heterocycles. The maximum atomic E-state index is 11.5. The van der Waals surface area contributed by atoms with Gasteiger partial charge in [-0.05, 0) is 18.6 Å². The average Bonchev–Trinajstić information content (AvgIpc) is 2.42. The van der Waals surface area contributed by atoms with E-state index in [1.165, 1.54) is 0 Å². The molecule has 2 rings (SSSR count). The van der Waals surface area contributed by atoms with Gasteiger partial charge in [0.15, 0.2) is 0 Å². The molecule has 1 atom stereocenters. The summed E-state index contributed by atoms with van der Waals surface area (Å²) >= 11 is 0. The molecule has 4 nitrogen and oxygen atoms in total. The van der Waals surface area contributed by atoms with Crippen molar-refractivity contribution in [1.29, 1.82) is 0 Å². The minimum absolute atomic E-state index is 0.149. The summed E-state index contributed by atoms with van der Waals surface area (Å²) in [6, 6.07) is 5.59. The van der Waals surface area contributed by atoms with E-state index in [4.69, 9.17) is 9.47 Å². The number of ether oxygens (including phenoxy) is 2. The lowest BCUT2D eigenvalue weighted by atomic mass is 10.0. The summed E-state index contributed by atoms with van der Waals surface area (Å²) in [6.07, 6.45) is 0. The van der Waals surface area contributed by atoms with Crippen LogP contribution in [0.5, 0.6) is 5.75 Å². The second-order valence-corrected chi connectivity index (χ2v) is 4.41. The first-order valence-corrected chi connectivity index (χ1v) is 6.16. The van der Waals surface area contributed by atoms with Crippen LogP contribution in [0.1, 0.15) is 17.2 Å². The molecule has 0 N–H and O–H groups in total. The van der Waals surface area contributed by atoms with Gasteiger partial charge in [0.2, 0.25) is 0 Å². The van der Waals surface area contributed by atoms with Gasteiger partial charge in [0.05, 0.1) is 26.4 Å². The van der Waals surface area contributed by atoms with Gasteiger partial charge >= 0.3 is 0 Å². The summed E-state index contributed by atoms with van der Waals surface area (Å²) in [5.74, 6) is 0.745. The second-order valence-electron chi connectivity index (χ2n) is 4.41. The predicted octanol–water partition coefficient (Wildman–Crippen LogP) is 1.68. The van der Waals surface area contributed by atoms with Crippen LogP contribution in [0, 0.1) is 6.92 Å². The Balaban J connectivity index is 2.25. The number of rotatable bonds is 4. The van der Waals surface area contributed by atoms with Crippen molar-refractivity contribution in [2.75, 3.05) is 40.0 Å². The van der Waals surface area contributed by atoms with Crippen LogP contribution in [0.3, 0.4) is 0 Å². The van der Waals surface area contributed by atoms with Crippen LogP contribution >= 0.6 is 0 Å². The van der Waals surface area contributed by atoms with Gasteiger partial charge < -0.3 is 9.47 Å². The summed E-state index contributed by atoms with van der Waals surface area (Å²) in [7, 11) is 1.62. The molecule has 2 radical (unpaired) electrons. The van der Waals surface area contributed by atoms with Gasteiger partial charge in [-0.1, -0.05) is 12.1 Å². The van der Waals surface area contributed by atoms with Crippen molar-refractivity contribution in [1.82, 2.24) is 4.90 Å². The van der Waals surface area contributed by atoms with E-state index in [-0.39, 0.29) is 12.6 Å². The third-order valence-corrected chi connectivity index (χ3v) is 3.30. The Morgan fingerprint density at radius 2 is 2.17 bits per heavy atom. The number of hydrogen-bond acceptors (Lipinski definition) is 3. The molecule has 0 spiro atoms. The number of nitrogens with zero attached hydrogens (tertiary/aromatic N) is 1. The SMILES string of the molecule is [CH2]c1ccc(C(C[O])N2CCOCC2)c(OC)c1. The molecule has 1 aliphatic rings. The molecule has 0 bridgehead atoms. The summed E-state index contributed by atoms with van der Waals surface area (Å²) < 4.78 is 10.7. The summed E-state index contributed by atoms with van der Waals surface area (Å²) in [6.45, 7) is 6.66. The van der Waals surface area contributed by atoms with Crippen LogP contribution in [0.4, 0.5) is 0 Å². The van der Waals surface area contributed by atoms with E-state index in [0.717, 1.165) is 30.0 Å².